The minimum atomic E-state index is -1.05. The first-order valence-corrected chi connectivity index (χ1v) is 9.57. The summed E-state index contributed by atoms with van der Waals surface area (Å²) >= 11 is 0. The zero-order valence-electron chi connectivity index (χ0n) is 16.5. The molecule has 0 amide bonds. The van der Waals surface area contributed by atoms with Crippen LogP contribution in [-0.4, -0.2) is 29.1 Å². The lowest BCUT2D eigenvalue weighted by atomic mass is 10.0. The summed E-state index contributed by atoms with van der Waals surface area (Å²) in [6, 6.07) is 8.23. The second-order valence-electron chi connectivity index (χ2n) is 7.51. The van der Waals surface area contributed by atoms with E-state index in [1.54, 1.807) is 6.92 Å². The molecule has 146 valence electrons. The van der Waals surface area contributed by atoms with Crippen molar-refractivity contribution in [1.82, 2.24) is 4.98 Å². The zero-order valence-corrected chi connectivity index (χ0v) is 16.5. The van der Waals surface area contributed by atoms with Crippen LogP contribution in [0.3, 0.4) is 0 Å². The predicted molar refractivity (Wildman–Crippen MR) is 105 cm³/mol. The van der Waals surface area contributed by atoms with E-state index in [2.05, 4.69) is 30.6 Å². The third-order valence-corrected chi connectivity index (χ3v) is 5.18. The Bertz CT molecular complexity index is 770. The van der Waals surface area contributed by atoms with Crippen molar-refractivity contribution in [2.75, 3.05) is 13.2 Å². The summed E-state index contributed by atoms with van der Waals surface area (Å²) in [7, 11) is 0. The first-order valence-electron chi connectivity index (χ1n) is 9.57. The van der Waals surface area contributed by atoms with Crippen molar-refractivity contribution >= 4 is 0 Å². The predicted octanol–water partition coefficient (Wildman–Crippen LogP) is 5.12. The second kappa shape index (κ2) is 8.28. The van der Waals surface area contributed by atoms with Crippen LogP contribution in [0.5, 0.6) is 0 Å². The molecular weight excluding hydrogens is 342 g/mol. The largest absolute Gasteiger partial charge is 0.507 e. The molecule has 1 aliphatic heterocycles. The summed E-state index contributed by atoms with van der Waals surface area (Å²) in [4.78, 5) is 4.68. The number of aryl methyl sites for hydroxylation is 3. The fourth-order valence-electron chi connectivity index (χ4n) is 3.18. The molecule has 0 spiro atoms. The molecule has 5 nitrogen and oxygen atoms in total. The van der Waals surface area contributed by atoms with Gasteiger partial charge in [0.1, 0.15) is 11.5 Å². The van der Waals surface area contributed by atoms with Gasteiger partial charge in [-0.25, -0.2) is 4.98 Å². The number of aliphatic hydroxyl groups is 1. The smallest absolute Gasteiger partial charge is 0.226 e. The molecule has 0 aliphatic carbocycles. The summed E-state index contributed by atoms with van der Waals surface area (Å²) in [5.41, 5.74) is 3.27. The van der Waals surface area contributed by atoms with E-state index in [1.165, 1.54) is 5.56 Å². The van der Waals surface area contributed by atoms with Crippen LogP contribution in [0, 0.1) is 19.8 Å². The van der Waals surface area contributed by atoms with Gasteiger partial charge in [0.25, 0.3) is 0 Å². The van der Waals surface area contributed by atoms with Crippen LogP contribution in [-0.2, 0) is 15.9 Å². The molecular formula is C22H29NO4. The molecule has 0 atom stereocenters. The number of ether oxygens (including phenoxy) is 2. The Balaban J connectivity index is 1.45. The highest BCUT2D eigenvalue weighted by atomic mass is 16.7. The van der Waals surface area contributed by atoms with Gasteiger partial charge >= 0.3 is 0 Å². The minimum Gasteiger partial charge on any atom is -0.507 e. The van der Waals surface area contributed by atoms with Crippen molar-refractivity contribution in [2.24, 2.45) is 5.92 Å². The monoisotopic (exact) mass is 371 g/mol. The maximum atomic E-state index is 9.53. The maximum Gasteiger partial charge on any atom is 0.226 e. The lowest BCUT2D eigenvalue weighted by Gasteiger charge is -2.36. The fraction of sp³-hybridized carbons (Fsp3) is 0.500. The summed E-state index contributed by atoms with van der Waals surface area (Å²) in [5, 5.41) is 9.53. The van der Waals surface area contributed by atoms with Crippen LogP contribution in [0.2, 0.25) is 0 Å². The lowest BCUT2D eigenvalue weighted by molar-refractivity contribution is -0.264. The molecule has 1 saturated heterocycles. The number of hydrogen-bond acceptors (Lipinski definition) is 5. The molecule has 5 heteroatoms. The van der Waals surface area contributed by atoms with Gasteiger partial charge in [-0.1, -0.05) is 30.7 Å². The van der Waals surface area contributed by atoms with Crippen LogP contribution in [0.1, 0.15) is 43.2 Å². The number of aromatic nitrogens is 1. The number of benzene rings is 1. The molecule has 2 heterocycles. The standard InChI is InChI=1S/C22H29NO4/c1-15-9-11-19(12-10-15)21-23-20(16(2)27-21)8-6-5-7-18-13-25-22(4,17(3)24)26-14-18/h9-12,18,24H,3,5-8,13-14H2,1-2,4H3. The molecule has 27 heavy (non-hydrogen) atoms. The molecule has 1 aromatic carbocycles. The van der Waals surface area contributed by atoms with Crippen molar-refractivity contribution < 1.29 is 19.0 Å². The number of aliphatic hydroxyl groups excluding tert-OH is 1. The van der Waals surface area contributed by atoms with E-state index in [1.807, 2.05) is 19.1 Å². The molecule has 1 aromatic heterocycles. The molecule has 0 saturated carbocycles. The molecule has 0 bridgehead atoms. The van der Waals surface area contributed by atoms with E-state index < -0.39 is 5.79 Å². The highest BCUT2D eigenvalue weighted by Crippen LogP contribution is 2.28. The lowest BCUT2D eigenvalue weighted by Crippen LogP contribution is -2.43. The van der Waals surface area contributed by atoms with Gasteiger partial charge in [-0.15, -0.1) is 0 Å². The topological polar surface area (TPSA) is 64.7 Å². The number of oxazole rings is 1. The molecule has 1 aliphatic rings. The second-order valence-corrected chi connectivity index (χ2v) is 7.51. The Morgan fingerprint density at radius 1 is 1.19 bits per heavy atom. The van der Waals surface area contributed by atoms with Crippen LogP contribution in [0.25, 0.3) is 11.5 Å². The van der Waals surface area contributed by atoms with Gasteiger partial charge in [-0.2, -0.15) is 0 Å². The molecule has 3 rings (SSSR count). The summed E-state index contributed by atoms with van der Waals surface area (Å²) in [6.45, 7) is 10.4. The number of unbranched alkanes of at least 4 members (excludes halogenated alkanes) is 1. The Morgan fingerprint density at radius 2 is 1.85 bits per heavy atom. The van der Waals surface area contributed by atoms with E-state index in [9.17, 15) is 5.11 Å². The molecule has 2 aromatic rings. The number of nitrogens with zero attached hydrogens (tertiary/aromatic N) is 1. The van der Waals surface area contributed by atoms with Gasteiger partial charge in [0, 0.05) is 11.5 Å². The number of rotatable bonds is 7. The minimum absolute atomic E-state index is 0.0770. The molecule has 0 radical (unpaired) electrons. The van der Waals surface area contributed by atoms with Gasteiger partial charge in [0.15, 0.2) is 0 Å². The SMILES string of the molecule is C=C(O)C1(C)OCC(CCCCc2nc(-c3ccc(C)cc3)oc2C)CO1. The summed E-state index contributed by atoms with van der Waals surface area (Å²) in [5.74, 6) is 0.804. The van der Waals surface area contributed by atoms with Crippen molar-refractivity contribution in [2.45, 2.75) is 52.2 Å². The van der Waals surface area contributed by atoms with E-state index in [0.29, 0.717) is 25.0 Å². The van der Waals surface area contributed by atoms with Gasteiger partial charge in [0.05, 0.1) is 18.9 Å². The number of hydrogen-bond donors (Lipinski definition) is 1. The Morgan fingerprint density at radius 3 is 2.48 bits per heavy atom. The highest BCUT2D eigenvalue weighted by Gasteiger charge is 2.35. The van der Waals surface area contributed by atoms with Crippen molar-refractivity contribution in [3.63, 3.8) is 0 Å². The van der Waals surface area contributed by atoms with Crippen molar-refractivity contribution in [3.8, 4) is 11.5 Å². The highest BCUT2D eigenvalue weighted by molar-refractivity contribution is 5.54. The molecule has 1 fully saturated rings. The molecule has 0 unspecified atom stereocenters. The summed E-state index contributed by atoms with van der Waals surface area (Å²) < 4.78 is 17.1. The van der Waals surface area contributed by atoms with E-state index in [-0.39, 0.29) is 5.76 Å². The van der Waals surface area contributed by atoms with E-state index in [0.717, 1.165) is 42.7 Å². The first kappa shape index (κ1) is 19.6. The van der Waals surface area contributed by atoms with Gasteiger partial charge in [0.2, 0.25) is 11.7 Å². The average Bonchev–Trinajstić information content (AvgIpc) is 3.01. The van der Waals surface area contributed by atoms with Crippen molar-refractivity contribution in [1.29, 1.82) is 0 Å². The van der Waals surface area contributed by atoms with Crippen LogP contribution in [0.15, 0.2) is 41.0 Å². The van der Waals surface area contributed by atoms with Crippen molar-refractivity contribution in [3.05, 3.63) is 53.6 Å². The van der Waals surface area contributed by atoms with Crippen LogP contribution in [0.4, 0.5) is 0 Å². The molecule has 1 N–H and O–H groups in total. The van der Waals surface area contributed by atoms with Gasteiger partial charge < -0.3 is 19.0 Å². The fourth-order valence-corrected chi connectivity index (χ4v) is 3.18. The Labute approximate surface area is 161 Å². The van der Waals surface area contributed by atoms with Crippen LogP contribution < -0.4 is 0 Å². The van der Waals surface area contributed by atoms with Crippen LogP contribution >= 0.6 is 0 Å². The Kier molecular flexibility index (Phi) is 6.02. The van der Waals surface area contributed by atoms with Gasteiger partial charge in [-0.05, 0) is 52.2 Å². The maximum absolute atomic E-state index is 9.53. The third-order valence-electron chi connectivity index (χ3n) is 5.18. The van der Waals surface area contributed by atoms with Gasteiger partial charge in [-0.3, -0.25) is 0 Å². The zero-order chi connectivity index (χ0) is 19.4. The quantitative estimate of drug-likeness (QED) is 0.540. The van der Waals surface area contributed by atoms with E-state index in [4.69, 9.17) is 13.9 Å². The normalized spacial score (nSPS) is 22.7. The Hall–Kier alpha value is -2.11. The van der Waals surface area contributed by atoms with E-state index >= 15 is 0 Å². The average molecular weight is 371 g/mol. The first-order chi connectivity index (χ1) is 12.9. The summed E-state index contributed by atoms with van der Waals surface area (Å²) in [6.07, 6.45) is 4.04. The third kappa shape index (κ3) is 4.79.